The third-order valence-electron chi connectivity index (χ3n) is 4.27. The van der Waals surface area contributed by atoms with Crippen LogP contribution in [0.15, 0.2) is 65.6 Å². The van der Waals surface area contributed by atoms with Crippen LogP contribution in [0.3, 0.4) is 0 Å². The van der Waals surface area contributed by atoms with E-state index in [0.717, 1.165) is 10.8 Å². The van der Waals surface area contributed by atoms with Crippen LogP contribution in [0.25, 0.3) is 10.8 Å². The third-order valence-corrected chi connectivity index (χ3v) is 5.80. The molecule has 3 rings (SSSR count). The van der Waals surface area contributed by atoms with Gasteiger partial charge in [-0.1, -0.05) is 30.3 Å². The van der Waals surface area contributed by atoms with Crippen LogP contribution < -0.4 is 14.2 Å². The fourth-order valence-corrected chi connectivity index (χ4v) is 4.13. The monoisotopic (exact) mass is 371 g/mol. The Morgan fingerprint density at radius 2 is 1.62 bits per heavy atom. The molecule has 0 heterocycles. The minimum Gasteiger partial charge on any atom is -0.497 e. The van der Waals surface area contributed by atoms with Crippen molar-refractivity contribution in [2.24, 2.45) is 0 Å². The number of hydrogen-bond donors (Lipinski definition) is 1. The molecule has 0 saturated carbocycles. The standard InChI is InChI=1S/C20H21NO4S/c1-14(19-13-17(24-2)9-11-20(19)25-3)21-26(22,23)18-10-8-15-6-4-5-7-16(15)12-18/h4-14,21H,1-3H3/t14-/m1/s1. The van der Waals surface area contributed by atoms with Crippen LogP contribution in [0.1, 0.15) is 18.5 Å². The molecule has 1 N–H and O–H groups in total. The molecule has 0 unspecified atom stereocenters. The molecule has 0 aliphatic heterocycles. The lowest BCUT2D eigenvalue weighted by atomic mass is 10.1. The lowest BCUT2D eigenvalue weighted by Crippen LogP contribution is -2.27. The fraction of sp³-hybridized carbons (Fsp3) is 0.200. The Hall–Kier alpha value is -2.57. The van der Waals surface area contributed by atoms with Crippen molar-refractivity contribution in [3.63, 3.8) is 0 Å². The number of rotatable bonds is 6. The van der Waals surface area contributed by atoms with Gasteiger partial charge in [0.1, 0.15) is 11.5 Å². The van der Waals surface area contributed by atoms with Crippen molar-refractivity contribution in [1.29, 1.82) is 0 Å². The van der Waals surface area contributed by atoms with Gasteiger partial charge in [0, 0.05) is 11.6 Å². The summed E-state index contributed by atoms with van der Waals surface area (Å²) >= 11 is 0. The Kier molecular flexibility index (Phi) is 5.15. The zero-order valence-corrected chi connectivity index (χ0v) is 15.7. The van der Waals surface area contributed by atoms with Gasteiger partial charge in [-0.05, 0) is 48.0 Å². The molecule has 0 fully saturated rings. The molecule has 0 amide bonds. The summed E-state index contributed by atoms with van der Waals surface area (Å²) in [5, 5.41) is 1.87. The van der Waals surface area contributed by atoms with Crippen LogP contribution >= 0.6 is 0 Å². The predicted molar refractivity (Wildman–Crippen MR) is 102 cm³/mol. The minimum atomic E-state index is -3.69. The fourth-order valence-electron chi connectivity index (χ4n) is 2.88. The van der Waals surface area contributed by atoms with Gasteiger partial charge >= 0.3 is 0 Å². The first-order chi connectivity index (χ1) is 12.4. The molecule has 6 heteroatoms. The zero-order chi connectivity index (χ0) is 18.7. The summed E-state index contributed by atoms with van der Waals surface area (Å²) in [6.07, 6.45) is 0. The summed E-state index contributed by atoms with van der Waals surface area (Å²) < 4.78 is 39.0. The summed E-state index contributed by atoms with van der Waals surface area (Å²) in [5.41, 5.74) is 0.705. The number of ether oxygens (including phenoxy) is 2. The quantitative estimate of drug-likeness (QED) is 0.714. The van der Waals surface area contributed by atoms with Crippen molar-refractivity contribution in [3.05, 3.63) is 66.2 Å². The maximum Gasteiger partial charge on any atom is 0.241 e. The number of nitrogens with one attached hydrogen (secondary N) is 1. The van der Waals surface area contributed by atoms with Gasteiger partial charge in [-0.2, -0.15) is 0 Å². The van der Waals surface area contributed by atoms with Crippen molar-refractivity contribution in [2.45, 2.75) is 17.9 Å². The van der Waals surface area contributed by atoms with Crippen LogP contribution in [-0.2, 0) is 10.0 Å². The van der Waals surface area contributed by atoms with E-state index in [1.165, 1.54) is 0 Å². The van der Waals surface area contributed by atoms with Gasteiger partial charge in [-0.15, -0.1) is 0 Å². The van der Waals surface area contributed by atoms with E-state index < -0.39 is 16.1 Å². The summed E-state index contributed by atoms with van der Waals surface area (Å²) in [6.45, 7) is 1.77. The highest BCUT2D eigenvalue weighted by molar-refractivity contribution is 7.89. The van der Waals surface area contributed by atoms with E-state index in [1.54, 1.807) is 57.5 Å². The molecule has 3 aromatic rings. The van der Waals surface area contributed by atoms with Crippen molar-refractivity contribution in [2.75, 3.05) is 14.2 Å². The van der Waals surface area contributed by atoms with E-state index in [4.69, 9.17) is 9.47 Å². The van der Waals surface area contributed by atoms with Gasteiger partial charge in [0.25, 0.3) is 0 Å². The first-order valence-corrected chi connectivity index (χ1v) is 9.66. The second-order valence-electron chi connectivity index (χ2n) is 5.96. The van der Waals surface area contributed by atoms with Crippen molar-refractivity contribution < 1.29 is 17.9 Å². The Bertz CT molecular complexity index is 1030. The Morgan fingerprint density at radius 1 is 0.885 bits per heavy atom. The van der Waals surface area contributed by atoms with Crippen molar-refractivity contribution in [3.8, 4) is 11.5 Å². The number of hydrogen-bond acceptors (Lipinski definition) is 4. The molecule has 0 spiro atoms. The highest BCUT2D eigenvalue weighted by Gasteiger charge is 2.21. The molecule has 3 aromatic carbocycles. The van der Waals surface area contributed by atoms with Gasteiger partial charge in [0.05, 0.1) is 19.1 Å². The number of methoxy groups -OCH3 is 2. The van der Waals surface area contributed by atoms with Gasteiger partial charge in [0.2, 0.25) is 10.0 Å². The Labute approximate surface area is 153 Å². The summed E-state index contributed by atoms with van der Waals surface area (Å²) in [6, 6.07) is 17.5. The van der Waals surface area contributed by atoms with E-state index in [0.29, 0.717) is 17.1 Å². The number of sulfonamides is 1. The summed E-state index contributed by atoms with van der Waals surface area (Å²) in [7, 11) is -0.574. The molecular weight excluding hydrogens is 350 g/mol. The molecular formula is C20H21NO4S. The molecule has 0 bridgehead atoms. The molecule has 0 radical (unpaired) electrons. The number of benzene rings is 3. The van der Waals surface area contributed by atoms with Crippen LogP contribution in [0, 0.1) is 0 Å². The maximum absolute atomic E-state index is 12.8. The largest absolute Gasteiger partial charge is 0.497 e. The van der Waals surface area contributed by atoms with E-state index in [9.17, 15) is 8.42 Å². The molecule has 26 heavy (non-hydrogen) atoms. The third kappa shape index (κ3) is 3.66. The molecule has 0 aromatic heterocycles. The van der Waals surface area contributed by atoms with E-state index in [1.807, 2.05) is 24.3 Å². The first kappa shape index (κ1) is 18.2. The average molecular weight is 371 g/mol. The second kappa shape index (κ2) is 7.35. The van der Waals surface area contributed by atoms with Crippen molar-refractivity contribution in [1.82, 2.24) is 4.72 Å². The first-order valence-electron chi connectivity index (χ1n) is 8.17. The molecule has 0 aliphatic rings. The topological polar surface area (TPSA) is 64.6 Å². The normalized spacial score (nSPS) is 12.7. The summed E-state index contributed by atoms with van der Waals surface area (Å²) in [5.74, 6) is 1.23. The molecule has 0 saturated heterocycles. The van der Waals surface area contributed by atoms with Crippen LogP contribution in [0.5, 0.6) is 11.5 Å². The van der Waals surface area contributed by atoms with Crippen molar-refractivity contribution >= 4 is 20.8 Å². The van der Waals surface area contributed by atoms with E-state index in [-0.39, 0.29) is 4.90 Å². The lowest BCUT2D eigenvalue weighted by molar-refractivity contribution is 0.395. The second-order valence-corrected chi connectivity index (χ2v) is 7.67. The Morgan fingerprint density at radius 3 is 2.31 bits per heavy atom. The van der Waals surface area contributed by atoms with Gasteiger partial charge in [-0.3, -0.25) is 0 Å². The van der Waals surface area contributed by atoms with E-state index in [2.05, 4.69) is 4.72 Å². The minimum absolute atomic E-state index is 0.227. The lowest BCUT2D eigenvalue weighted by Gasteiger charge is -2.18. The molecule has 5 nitrogen and oxygen atoms in total. The van der Waals surface area contributed by atoms with Crippen LogP contribution in [-0.4, -0.2) is 22.6 Å². The zero-order valence-electron chi connectivity index (χ0n) is 14.9. The van der Waals surface area contributed by atoms with Crippen LogP contribution in [0.2, 0.25) is 0 Å². The van der Waals surface area contributed by atoms with Crippen LogP contribution in [0.4, 0.5) is 0 Å². The maximum atomic E-state index is 12.8. The number of fused-ring (bicyclic) bond motifs is 1. The summed E-state index contributed by atoms with van der Waals surface area (Å²) in [4.78, 5) is 0.227. The predicted octanol–water partition coefficient (Wildman–Crippen LogP) is 3.90. The highest BCUT2D eigenvalue weighted by Crippen LogP contribution is 2.30. The van der Waals surface area contributed by atoms with Gasteiger partial charge in [0.15, 0.2) is 0 Å². The SMILES string of the molecule is COc1ccc(OC)c([C@@H](C)NS(=O)(=O)c2ccc3ccccc3c2)c1. The highest BCUT2D eigenvalue weighted by atomic mass is 32.2. The van der Waals surface area contributed by atoms with E-state index >= 15 is 0 Å². The molecule has 0 aliphatic carbocycles. The average Bonchev–Trinajstić information content (AvgIpc) is 2.66. The molecule has 136 valence electrons. The van der Waals surface area contributed by atoms with Gasteiger partial charge < -0.3 is 9.47 Å². The Balaban J connectivity index is 1.93. The van der Waals surface area contributed by atoms with Gasteiger partial charge in [-0.25, -0.2) is 13.1 Å². The molecule has 1 atom stereocenters. The smallest absolute Gasteiger partial charge is 0.241 e.